The Morgan fingerprint density at radius 3 is 2.28 bits per heavy atom. The van der Waals surface area contributed by atoms with Crippen LogP contribution in [0.2, 0.25) is 0 Å². The summed E-state index contributed by atoms with van der Waals surface area (Å²) in [6, 6.07) is 38.3. The molecule has 1 N–H and O–H groups in total. The van der Waals surface area contributed by atoms with E-state index in [1.54, 1.807) is 18.2 Å². The zero-order valence-electron chi connectivity index (χ0n) is 29.4. The average molecular weight is 732 g/mol. The molecular weight excluding hydrogens is 695 g/mol. The smallest absolute Gasteiger partial charge is 0.352 e. The molecule has 54 heavy (non-hydrogen) atoms. The lowest BCUT2D eigenvalue weighted by atomic mass is 9.95. The number of ether oxygens (including phenoxy) is 1. The van der Waals surface area contributed by atoms with Crippen molar-refractivity contribution in [3.63, 3.8) is 0 Å². The number of aliphatic carboxylic acids is 1. The molecule has 1 saturated carbocycles. The van der Waals surface area contributed by atoms with E-state index < -0.39 is 29.6 Å². The van der Waals surface area contributed by atoms with E-state index in [1.807, 2.05) is 18.2 Å². The van der Waals surface area contributed by atoms with E-state index in [2.05, 4.69) is 109 Å². The van der Waals surface area contributed by atoms with Crippen molar-refractivity contribution in [2.24, 2.45) is 0 Å². The average Bonchev–Trinajstić information content (AvgIpc) is 3.87. The predicted molar refractivity (Wildman–Crippen MR) is 214 cm³/mol. The van der Waals surface area contributed by atoms with Crippen molar-refractivity contribution < 1.29 is 19.4 Å². The fourth-order valence-electron chi connectivity index (χ4n) is 7.41. The number of fused-ring (bicyclic) bond motifs is 3. The molecule has 9 heteroatoms. The van der Waals surface area contributed by atoms with Gasteiger partial charge in [-0.25, -0.2) is 4.79 Å². The van der Waals surface area contributed by atoms with Crippen LogP contribution in [0.4, 0.5) is 11.4 Å². The van der Waals surface area contributed by atoms with Crippen LogP contribution < -0.4 is 19.7 Å². The molecule has 0 radical (unpaired) electrons. The molecule has 5 aromatic rings. The Morgan fingerprint density at radius 1 is 0.944 bits per heavy atom. The summed E-state index contributed by atoms with van der Waals surface area (Å²) in [7, 11) is 0. The van der Waals surface area contributed by atoms with E-state index in [0.717, 1.165) is 52.0 Å². The van der Waals surface area contributed by atoms with Gasteiger partial charge in [0.2, 0.25) is 0 Å². The van der Waals surface area contributed by atoms with Gasteiger partial charge in [-0.3, -0.25) is 14.2 Å². The Kier molecular flexibility index (Phi) is 10.7. The second-order valence-corrected chi connectivity index (χ2v) is 14.2. The monoisotopic (exact) mass is 731 g/mol. The van der Waals surface area contributed by atoms with Crippen LogP contribution in [-0.4, -0.2) is 34.3 Å². The van der Waals surface area contributed by atoms with Crippen molar-refractivity contribution >= 4 is 64.0 Å². The van der Waals surface area contributed by atoms with Crippen molar-refractivity contribution in [1.82, 2.24) is 4.57 Å². The number of nitriles is 1. The number of carboxylic acids is 1. The molecule has 1 fully saturated rings. The molecule has 268 valence electrons. The lowest BCUT2D eigenvalue weighted by molar-refractivity contribution is -0.138. The maximum absolute atomic E-state index is 13.2. The maximum atomic E-state index is 13.2. The van der Waals surface area contributed by atoms with E-state index in [0.29, 0.717) is 12.0 Å². The van der Waals surface area contributed by atoms with Crippen molar-refractivity contribution in [3.8, 4) is 6.07 Å². The van der Waals surface area contributed by atoms with Crippen molar-refractivity contribution in [2.45, 2.75) is 37.8 Å². The van der Waals surface area contributed by atoms with E-state index >= 15 is 0 Å². The largest absolute Gasteiger partial charge is 0.480 e. The summed E-state index contributed by atoms with van der Waals surface area (Å²) in [5, 5.41) is 19.1. The molecule has 2 unspecified atom stereocenters. The summed E-state index contributed by atoms with van der Waals surface area (Å²) in [6.07, 6.45) is 12.2. The van der Waals surface area contributed by atoms with Crippen molar-refractivity contribution in [2.75, 3.05) is 11.5 Å². The quantitative estimate of drug-likeness (QED) is 0.0864. The summed E-state index contributed by atoms with van der Waals surface area (Å²) in [5.74, 6) is -1.82. The van der Waals surface area contributed by atoms with E-state index in [1.165, 1.54) is 34.0 Å². The van der Waals surface area contributed by atoms with Gasteiger partial charge in [0, 0.05) is 23.3 Å². The molecule has 1 aliphatic heterocycles. The van der Waals surface area contributed by atoms with Gasteiger partial charge in [0.1, 0.15) is 23.9 Å². The van der Waals surface area contributed by atoms with Crippen molar-refractivity contribution in [3.05, 3.63) is 169 Å². The van der Waals surface area contributed by atoms with Crippen LogP contribution in [0.5, 0.6) is 0 Å². The summed E-state index contributed by atoms with van der Waals surface area (Å²) in [6.45, 7) is 2.66. The minimum Gasteiger partial charge on any atom is -0.480 e. The summed E-state index contributed by atoms with van der Waals surface area (Å²) in [5.41, 5.74) is 8.21. The predicted octanol–water partition coefficient (Wildman–Crippen LogP) is 7.27. The maximum Gasteiger partial charge on any atom is 0.352 e. The topological polar surface area (TPSA) is 113 Å². The third-order valence-corrected chi connectivity index (χ3v) is 10.9. The molecule has 2 atom stereocenters. The lowest BCUT2D eigenvalue weighted by Gasteiger charge is -2.27. The standard InChI is InChI=1S/C45H37N3O5S/c1-2-25-53-45(52)38(28-46)44-47(29-42(49)50)43(51)41(54-44)18-9-11-30-21-24-40-37(27-30)35-16-10-17-39(35)48(40)34-22-19-31(20-23-34)26-36(32-12-5-3-6-13-32)33-14-7-4-8-15-33/h2-9,11-15,18-24,26-27,35,39H,1,10,16-17,25,29H2,(H,49,50). The number of nitrogens with zero attached hydrogens (tertiary/aromatic N) is 3. The van der Waals surface area contributed by atoms with Crippen LogP contribution in [0.3, 0.4) is 0 Å². The van der Waals surface area contributed by atoms with Crippen LogP contribution >= 0.6 is 11.3 Å². The molecule has 0 saturated heterocycles. The number of hydrogen-bond acceptors (Lipinski definition) is 7. The van der Waals surface area contributed by atoms with Crippen LogP contribution in [-0.2, 0) is 20.9 Å². The summed E-state index contributed by atoms with van der Waals surface area (Å²) < 4.78 is 6.03. The minimum absolute atomic E-state index is 0.0691. The Labute approximate surface area is 316 Å². The van der Waals surface area contributed by atoms with Crippen molar-refractivity contribution in [1.29, 1.82) is 5.26 Å². The highest BCUT2D eigenvalue weighted by atomic mass is 32.1. The Morgan fingerprint density at radius 2 is 1.63 bits per heavy atom. The lowest BCUT2D eigenvalue weighted by Crippen LogP contribution is -2.35. The first kappa shape index (κ1) is 35.9. The Hall–Kier alpha value is -6.50. The molecule has 7 rings (SSSR count). The highest BCUT2D eigenvalue weighted by molar-refractivity contribution is 7.07. The van der Waals surface area contributed by atoms with E-state index in [9.17, 15) is 24.8 Å². The number of rotatable bonds is 11. The van der Waals surface area contributed by atoms with Gasteiger partial charge in [-0.05, 0) is 82.6 Å². The van der Waals surface area contributed by atoms with Crippen LogP contribution in [0.1, 0.15) is 53.0 Å². The normalized spacial score (nSPS) is 16.7. The highest BCUT2D eigenvalue weighted by Crippen LogP contribution is 2.52. The van der Waals surface area contributed by atoms with Gasteiger partial charge < -0.3 is 14.7 Å². The highest BCUT2D eigenvalue weighted by Gasteiger charge is 2.42. The van der Waals surface area contributed by atoms with Gasteiger partial charge in [0.15, 0.2) is 5.57 Å². The molecule has 4 aromatic carbocycles. The molecule has 0 bridgehead atoms. The zero-order chi connectivity index (χ0) is 37.6. The number of hydrogen-bond donors (Lipinski definition) is 1. The van der Waals surface area contributed by atoms with Crippen LogP contribution in [0.15, 0.2) is 127 Å². The van der Waals surface area contributed by atoms with Gasteiger partial charge in [0.05, 0.1) is 4.53 Å². The second kappa shape index (κ2) is 16.0. The second-order valence-electron chi connectivity index (χ2n) is 13.1. The summed E-state index contributed by atoms with van der Waals surface area (Å²) in [4.78, 5) is 39.8. The number of benzene rings is 4. The third kappa shape index (κ3) is 7.38. The molecule has 2 heterocycles. The van der Waals surface area contributed by atoms with Gasteiger partial charge in [-0.1, -0.05) is 110 Å². The fourth-order valence-corrected chi connectivity index (χ4v) is 8.45. The first-order valence-corrected chi connectivity index (χ1v) is 18.6. The summed E-state index contributed by atoms with van der Waals surface area (Å²) >= 11 is 0.874. The molecule has 1 aromatic heterocycles. The van der Waals surface area contributed by atoms with E-state index in [4.69, 9.17) is 4.74 Å². The fraction of sp³-hybridized carbons (Fsp3) is 0.156. The van der Waals surface area contributed by atoms with Gasteiger partial charge in [0.25, 0.3) is 5.56 Å². The zero-order valence-corrected chi connectivity index (χ0v) is 30.2. The molecular formula is C45H37N3O5S. The number of allylic oxidation sites excluding steroid dienone is 1. The third-order valence-electron chi connectivity index (χ3n) is 9.77. The molecule has 8 nitrogen and oxygen atoms in total. The molecule has 0 amide bonds. The van der Waals surface area contributed by atoms with Gasteiger partial charge in [-0.2, -0.15) is 5.26 Å². The number of thiazole rings is 1. The number of carbonyl (C=O) groups is 2. The first-order valence-electron chi connectivity index (χ1n) is 17.7. The number of esters is 1. The van der Waals surface area contributed by atoms with Crippen LogP contribution in [0.25, 0.3) is 29.4 Å². The van der Waals surface area contributed by atoms with Crippen LogP contribution in [0, 0.1) is 11.3 Å². The number of carbonyl (C=O) groups excluding carboxylic acids is 1. The number of anilines is 2. The van der Waals surface area contributed by atoms with Gasteiger partial charge >= 0.3 is 11.9 Å². The van der Waals surface area contributed by atoms with E-state index in [-0.39, 0.29) is 15.8 Å². The first-order chi connectivity index (χ1) is 26.4. The SMILES string of the molecule is C=CCOC(=O)C(C#N)=c1sc(=CC=Cc2ccc3c(c2)C2CCCC2N3c2ccc(C=C(c3ccccc3)c3ccccc3)cc2)c(=O)n1CC(=O)O. The van der Waals surface area contributed by atoms with Gasteiger partial charge in [-0.15, -0.1) is 11.3 Å². The molecule has 2 aliphatic rings. The molecule has 0 spiro atoms. The Balaban J connectivity index is 1.18. The number of aromatic nitrogens is 1. The molecule has 1 aliphatic carbocycles. The Bertz CT molecular complexity index is 2470. The minimum atomic E-state index is -1.28. The number of carboxylic acid groups (broad SMARTS) is 1.